The molecule has 0 bridgehead atoms. The third-order valence-electron chi connectivity index (χ3n) is 4.61. The Labute approximate surface area is 116 Å². The van der Waals surface area contributed by atoms with E-state index in [-0.39, 0.29) is 0 Å². The minimum absolute atomic E-state index is 0.847. The highest BCUT2D eigenvalue weighted by atomic mass is 14.9. The standard InChI is InChI=1S/C18H23N/c1-14-6-2-3-9-17(14)13-19-18-11-10-15-7-4-5-8-16(15)12-18/h4-5,7-8,10-12,14,17,19H,2-3,6,9,13H2,1H3. The smallest absolute Gasteiger partial charge is 0.0346 e. The Bertz CT molecular complexity index is 546. The Hall–Kier alpha value is -1.50. The van der Waals surface area contributed by atoms with Crippen LogP contribution in [0.25, 0.3) is 10.8 Å². The first kappa shape index (κ1) is 12.5. The molecule has 0 radical (unpaired) electrons. The van der Waals surface area contributed by atoms with Crippen LogP contribution in [-0.2, 0) is 0 Å². The first-order valence-electron chi connectivity index (χ1n) is 7.55. The maximum Gasteiger partial charge on any atom is 0.0346 e. The van der Waals surface area contributed by atoms with E-state index in [0.29, 0.717) is 0 Å². The van der Waals surface area contributed by atoms with Crippen molar-refractivity contribution in [3.63, 3.8) is 0 Å². The summed E-state index contributed by atoms with van der Waals surface area (Å²) in [5.74, 6) is 1.72. The first-order valence-corrected chi connectivity index (χ1v) is 7.55. The maximum absolute atomic E-state index is 3.64. The lowest BCUT2D eigenvalue weighted by Gasteiger charge is -2.29. The Morgan fingerprint density at radius 3 is 2.63 bits per heavy atom. The van der Waals surface area contributed by atoms with Crippen LogP contribution < -0.4 is 5.32 Å². The molecule has 1 aliphatic rings. The Kier molecular flexibility index (Phi) is 3.72. The predicted octanol–water partition coefficient (Wildman–Crippen LogP) is 5.08. The second-order valence-electron chi connectivity index (χ2n) is 5.96. The number of fused-ring (bicyclic) bond motifs is 1. The van der Waals surface area contributed by atoms with Gasteiger partial charge < -0.3 is 5.32 Å². The van der Waals surface area contributed by atoms with Gasteiger partial charge in [-0.05, 0) is 41.2 Å². The third-order valence-corrected chi connectivity index (χ3v) is 4.61. The molecule has 0 saturated heterocycles. The van der Waals surface area contributed by atoms with Gasteiger partial charge >= 0.3 is 0 Å². The molecule has 0 heterocycles. The summed E-state index contributed by atoms with van der Waals surface area (Å²) >= 11 is 0. The zero-order valence-corrected chi connectivity index (χ0v) is 11.7. The molecule has 0 spiro atoms. The summed E-state index contributed by atoms with van der Waals surface area (Å²) < 4.78 is 0. The SMILES string of the molecule is CC1CCCCC1CNc1ccc2ccccc2c1. The number of rotatable bonds is 3. The lowest BCUT2D eigenvalue weighted by Crippen LogP contribution is -2.24. The van der Waals surface area contributed by atoms with E-state index in [1.165, 1.54) is 42.1 Å². The zero-order chi connectivity index (χ0) is 13.1. The molecular weight excluding hydrogens is 230 g/mol. The molecule has 0 amide bonds. The van der Waals surface area contributed by atoms with E-state index in [0.717, 1.165) is 18.4 Å². The van der Waals surface area contributed by atoms with E-state index in [9.17, 15) is 0 Å². The average molecular weight is 253 g/mol. The summed E-state index contributed by atoms with van der Waals surface area (Å²) in [7, 11) is 0. The lowest BCUT2D eigenvalue weighted by atomic mass is 9.80. The molecule has 0 aromatic heterocycles. The van der Waals surface area contributed by atoms with Crippen LogP contribution in [0.1, 0.15) is 32.6 Å². The molecule has 2 atom stereocenters. The number of nitrogens with one attached hydrogen (secondary N) is 1. The van der Waals surface area contributed by atoms with Gasteiger partial charge in [0.15, 0.2) is 0 Å². The van der Waals surface area contributed by atoms with Gasteiger partial charge in [0.1, 0.15) is 0 Å². The molecule has 1 saturated carbocycles. The molecule has 1 heteroatoms. The highest BCUT2D eigenvalue weighted by molar-refractivity contribution is 5.85. The molecule has 1 nitrogen and oxygen atoms in total. The minimum atomic E-state index is 0.847. The van der Waals surface area contributed by atoms with Gasteiger partial charge in [0.25, 0.3) is 0 Å². The summed E-state index contributed by atoms with van der Waals surface area (Å²) in [4.78, 5) is 0. The highest BCUT2D eigenvalue weighted by Gasteiger charge is 2.20. The number of benzene rings is 2. The van der Waals surface area contributed by atoms with Gasteiger partial charge in [0.2, 0.25) is 0 Å². The summed E-state index contributed by atoms with van der Waals surface area (Å²) in [5.41, 5.74) is 1.26. The van der Waals surface area contributed by atoms with Gasteiger partial charge in [-0.1, -0.05) is 56.5 Å². The fourth-order valence-electron chi connectivity index (χ4n) is 3.24. The zero-order valence-electron chi connectivity index (χ0n) is 11.7. The molecular formula is C18H23N. The van der Waals surface area contributed by atoms with Crippen molar-refractivity contribution < 1.29 is 0 Å². The minimum Gasteiger partial charge on any atom is -0.385 e. The van der Waals surface area contributed by atoms with Crippen molar-refractivity contribution in [2.24, 2.45) is 11.8 Å². The van der Waals surface area contributed by atoms with Crippen LogP contribution in [0.5, 0.6) is 0 Å². The molecule has 100 valence electrons. The molecule has 1 N–H and O–H groups in total. The maximum atomic E-state index is 3.64. The number of hydrogen-bond acceptors (Lipinski definition) is 1. The van der Waals surface area contributed by atoms with E-state index >= 15 is 0 Å². The summed E-state index contributed by atoms with van der Waals surface area (Å²) in [6, 6.07) is 15.2. The summed E-state index contributed by atoms with van der Waals surface area (Å²) in [6.07, 6.45) is 5.63. The van der Waals surface area contributed by atoms with E-state index in [1.807, 2.05) is 0 Å². The van der Waals surface area contributed by atoms with E-state index in [1.54, 1.807) is 0 Å². The topological polar surface area (TPSA) is 12.0 Å². The van der Waals surface area contributed by atoms with Crippen molar-refractivity contribution in [3.05, 3.63) is 42.5 Å². The average Bonchev–Trinajstić information content (AvgIpc) is 2.46. The molecule has 1 fully saturated rings. The number of anilines is 1. The van der Waals surface area contributed by atoms with Crippen LogP contribution in [0.2, 0.25) is 0 Å². The van der Waals surface area contributed by atoms with Crippen molar-refractivity contribution in [3.8, 4) is 0 Å². The Balaban J connectivity index is 1.67. The molecule has 2 aromatic rings. The molecule has 1 aliphatic carbocycles. The van der Waals surface area contributed by atoms with Crippen LogP contribution in [0.3, 0.4) is 0 Å². The van der Waals surface area contributed by atoms with Crippen LogP contribution in [0.15, 0.2) is 42.5 Å². The fraction of sp³-hybridized carbons (Fsp3) is 0.444. The van der Waals surface area contributed by atoms with Crippen molar-refractivity contribution in [2.75, 3.05) is 11.9 Å². The molecule has 2 aromatic carbocycles. The largest absolute Gasteiger partial charge is 0.385 e. The van der Waals surface area contributed by atoms with Crippen molar-refractivity contribution in [1.82, 2.24) is 0 Å². The molecule has 19 heavy (non-hydrogen) atoms. The monoisotopic (exact) mass is 253 g/mol. The normalized spacial score (nSPS) is 23.4. The highest BCUT2D eigenvalue weighted by Crippen LogP contribution is 2.30. The van der Waals surface area contributed by atoms with Gasteiger partial charge in [-0.3, -0.25) is 0 Å². The van der Waals surface area contributed by atoms with Gasteiger partial charge in [-0.15, -0.1) is 0 Å². The van der Waals surface area contributed by atoms with E-state index < -0.39 is 0 Å². The van der Waals surface area contributed by atoms with Crippen molar-refractivity contribution in [2.45, 2.75) is 32.6 Å². The molecule has 2 unspecified atom stereocenters. The third kappa shape index (κ3) is 2.91. The molecule has 0 aliphatic heterocycles. The second-order valence-corrected chi connectivity index (χ2v) is 5.96. The lowest BCUT2D eigenvalue weighted by molar-refractivity contribution is 0.268. The van der Waals surface area contributed by atoms with Crippen molar-refractivity contribution in [1.29, 1.82) is 0 Å². The van der Waals surface area contributed by atoms with Gasteiger partial charge in [-0.25, -0.2) is 0 Å². The first-order chi connectivity index (χ1) is 9.33. The van der Waals surface area contributed by atoms with Crippen LogP contribution in [0, 0.1) is 11.8 Å². The Morgan fingerprint density at radius 2 is 1.79 bits per heavy atom. The van der Waals surface area contributed by atoms with Gasteiger partial charge in [0.05, 0.1) is 0 Å². The van der Waals surface area contributed by atoms with Crippen molar-refractivity contribution >= 4 is 16.5 Å². The van der Waals surface area contributed by atoms with E-state index in [4.69, 9.17) is 0 Å². The quantitative estimate of drug-likeness (QED) is 0.804. The second kappa shape index (κ2) is 5.64. The van der Waals surface area contributed by atoms with Crippen LogP contribution >= 0.6 is 0 Å². The summed E-state index contributed by atoms with van der Waals surface area (Å²) in [6.45, 7) is 3.53. The summed E-state index contributed by atoms with van der Waals surface area (Å²) in [5, 5.41) is 6.28. The van der Waals surface area contributed by atoms with E-state index in [2.05, 4.69) is 54.7 Å². The van der Waals surface area contributed by atoms with Crippen LogP contribution in [-0.4, -0.2) is 6.54 Å². The number of hydrogen-bond donors (Lipinski definition) is 1. The predicted molar refractivity (Wildman–Crippen MR) is 83.6 cm³/mol. The van der Waals surface area contributed by atoms with Crippen LogP contribution in [0.4, 0.5) is 5.69 Å². The Morgan fingerprint density at radius 1 is 1.00 bits per heavy atom. The van der Waals surface area contributed by atoms with Gasteiger partial charge in [0, 0.05) is 12.2 Å². The molecule has 3 rings (SSSR count). The van der Waals surface area contributed by atoms with Gasteiger partial charge in [-0.2, -0.15) is 0 Å². The fourth-order valence-corrected chi connectivity index (χ4v) is 3.24.